The Hall–Kier alpha value is -1.62. The fourth-order valence-corrected chi connectivity index (χ4v) is 1.86. The van der Waals surface area contributed by atoms with Crippen molar-refractivity contribution < 1.29 is 14.7 Å². The summed E-state index contributed by atoms with van der Waals surface area (Å²) in [5.74, 6) is -1.64. The molecule has 5 heteroatoms. The van der Waals surface area contributed by atoms with Gasteiger partial charge in [-0.3, -0.25) is 9.59 Å². The Kier molecular flexibility index (Phi) is 4.90. The number of aliphatic carboxylic acids is 1. The Bertz CT molecular complexity index is 411. The SMILES string of the molecule is CC(CN(C)C(=O)/C=C/c1cccs1)C(=O)O. The van der Waals surface area contributed by atoms with Crippen molar-refractivity contribution >= 4 is 29.3 Å². The van der Waals surface area contributed by atoms with Gasteiger partial charge in [-0.05, 0) is 17.5 Å². The summed E-state index contributed by atoms with van der Waals surface area (Å²) in [6.07, 6.45) is 3.19. The second kappa shape index (κ2) is 6.20. The number of hydrogen-bond acceptors (Lipinski definition) is 3. The van der Waals surface area contributed by atoms with E-state index in [4.69, 9.17) is 5.11 Å². The number of likely N-dealkylation sites (N-methyl/N-ethyl adjacent to an activating group) is 1. The summed E-state index contributed by atoms with van der Waals surface area (Å²) in [4.78, 5) is 24.7. The third-order valence-electron chi connectivity index (χ3n) is 2.28. The van der Waals surface area contributed by atoms with Crippen molar-refractivity contribution in [3.63, 3.8) is 0 Å². The molecule has 1 heterocycles. The molecular formula is C12H15NO3S. The molecule has 0 aliphatic carbocycles. The summed E-state index contributed by atoms with van der Waals surface area (Å²) >= 11 is 1.54. The van der Waals surface area contributed by atoms with Crippen molar-refractivity contribution in [1.29, 1.82) is 0 Å². The highest BCUT2D eigenvalue weighted by Gasteiger charge is 2.15. The smallest absolute Gasteiger partial charge is 0.308 e. The van der Waals surface area contributed by atoms with Gasteiger partial charge in [0.05, 0.1) is 5.92 Å². The molecule has 0 saturated carbocycles. The van der Waals surface area contributed by atoms with E-state index in [0.29, 0.717) is 0 Å². The molecule has 1 N–H and O–H groups in total. The Morgan fingerprint density at radius 2 is 2.29 bits per heavy atom. The molecule has 1 aromatic rings. The lowest BCUT2D eigenvalue weighted by Gasteiger charge is -2.17. The van der Waals surface area contributed by atoms with Crippen LogP contribution in [0.2, 0.25) is 0 Å². The molecule has 1 unspecified atom stereocenters. The average molecular weight is 253 g/mol. The molecule has 0 fully saturated rings. The van der Waals surface area contributed by atoms with Crippen molar-refractivity contribution in [2.45, 2.75) is 6.92 Å². The predicted molar refractivity (Wildman–Crippen MR) is 67.8 cm³/mol. The largest absolute Gasteiger partial charge is 0.481 e. The summed E-state index contributed by atoms with van der Waals surface area (Å²) in [6.45, 7) is 1.79. The van der Waals surface area contributed by atoms with E-state index in [-0.39, 0.29) is 12.5 Å². The Morgan fingerprint density at radius 3 is 2.82 bits per heavy atom. The molecule has 1 rings (SSSR count). The molecule has 0 aromatic carbocycles. The maximum absolute atomic E-state index is 11.6. The van der Waals surface area contributed by atoms with Crippen LogP contribution in [0.15, 0.2) is 23.6 Å². The molecule has 0 spiro atoms. The zero-order chi connectivity index (χ0) is 12.8. The molecule has 1 atom stereocenters. The number of carboxylic acids is 1. The minimum absolute atomic E-state index is 0.188. The summed E-state index contributed by atoms with van der Waals surface area (Å²) in [6, 6.07) is 3.82. The van der Waals surface area contributed by atoms with Gasteiger partial charge < -0.3 is 10.0 Å². The number of amides is 1. The lowest BCUT2D eigenvalue weighted by molar-refractivity contribution is -0.142. The first-order valence-corrected chi connectivity index (χ1v) is 6.08. The lowest BCUT2D eigenvalue weighted by atomic mass is 10.2. The fourth-order valence-electron chi connectivity index (χ4n) is 1.25. The molecule has 1 aromatic heterocycles. The first-order chi connectivity index (χ1) is 8.00. The van der Waals surface area contributed by atoms with Crippen LogP contribution in [-0.2, 0) is 9.59 Å². The first-order valence-electron chi connectivity index (χ1n) is 5.20. The maximum atomic E-state index is 11.6. The van der Waals surface area contributed by atoms with Gasteiger partial charge in [0.25, 0.3) is 0 Å². The molecule has 0 aliphatic heterocycles. The fraction of sp³-hybridized carbons (Fsp3) is 0.333. The van der Waals surface area contributed by atoms with Gasteiger partial charge in [-0.15, -0.1) is 11.3 Å². The van der Waals surface area contributed by atoms with Gasteiger partial charge in [0.2, 0.25) is 5.91 Å². The third kappa shape index (κ3) is 4.40. The van der Waals surface area contributed by atoms with Crippen LogP contribution < -0.4 is 0 Å². The van der Waals surface area contributed by atoms with Gasteiger partial charge in [-0.25, -0.2) is 0 Å². The topological polar surface area (TPSA) is 57.6 Å². The highest BCUT2D eigenvalue weighted by Crippen LogP contribution is 2.10. The van der Waals surface area contributed by atoms with E-state index in [1.165, 1.54) is 11.0 Å². The first kappa shape index (κ1) is 13.4. The number of nitrogens with zero attached hydrogens (tertiary/aromatic N) is 1. The van der Waals surface area contributed by atoms with E-state index in [9.17, 15) is 9.59 Å². The lowest BCUT2D eigenvalue weighted by Crippen LogP contribution is -2.32. The third-order valence-corrected chi connectivity index (χ3v) is 3.12. The van der Waals surface area contributed by atoms with E-state index in [1.807, 2.05) is 17.5 Å². The summed E-state index contributed by atoms with van der Waals surface area (Å²) < 4.78 is 0. The van der Waals surface area contributed by atoms with Crippen LogP contribution in [0.25, 0.3) is 6.08 Å². The number of carboxylic acid groups (broad SMARTS) is 1. The second-order valence-corrected chi connectivity index (χ2v) is 4.79. The molecular weight excluding hydrogens is 238 g/mol. The van der Waals surface area contributed by atoms with Gasteiger partial charge in [-0.2, -0.15) is 0 Å². The zero-order valence-electron chi connectivity index (χ0n) is 9.79. The molecule has 92 valence electrons. The summed E-state index contributed by atoms with van der Waals surface area (Å²) in [5, 5.41) is 10.7. The number of carbonyl (C=O) groups excluding carboxylic acids is 1. The Balaban J connectivity index is 2.50. The van der Waals surface area contributed by atoms with E-state index in [1.54, 1.807) is 31.4 Å². The van der Waals surface area contributed by atoms with Crippen LogP contribution in [-0.4, -0.2) is 35.5 Å². The van der Waals surface area contributed by atoms with Crippen LogP contribution in [0.1, 0.15) is 11.8 Å². The molecule has 1 amide bonds. The standard InChI is InChI=1S/C12H15NO3S/c1-9(12(15)16)8-13(2)11(14)6-5-10-4-3-7-17-10/h3-7,9H,8H2,1-2H3,(H,15,16)/b6-5+. The van der Waals surface area contributed by atoms with Crippen LogP contribution in [0, 0.1) is 5.92 Å². The Labute approximate surface area is 104 Å². The zero-order valence-corrected chi connectivity index (χ0v) is 10.6. The highest BCUT2D eigenvalue weighted by atomic mass is 32.1. The van der Waals surface area contributed by atoms with E-state index in [0.717, 1.165) is 4.88 Å². The van der Waals surface area contributed by atoms with Gasteiger partial charge >= 0.3 is 5.97 Å². The van der Waals surface area contributed by atoms with Crippen molar-refractivity contribution in [3.8, 4) is 0 Å². The van der Waals surface area contributed by atoms with Crippen LogP contribution in [0.4, 0.5) is 0 Å². The van der Waals surface area contributed by atoms with Crippen molar-refractivity contribution in [1.82, 2.24) is 4.90 Å². The molecule has 0 bridgehead atoms. The predicted octanol–water partition coefficient (Wildman–Crippen LogP) is 1.94. The number of carbonyl (C=O) groups is 2. The normalized spacial score (nSPS) is 12.6. The van der Waals surface area contributed by atoms with E-state index >= 15 is 0 Å². The van der Waals surface area contributed by atoms with E-state index < -0.39 is 11.9 Å². The quantitative estimate of drug-likeness (QED) is 0.816. The van der Waals surface area contributed by atoms with E-state index in [2.05, 4.69) is 0 Å². The molecule has 0 radical (unpaired) electrons. The second-order valence-electron chi connectivity index (χ2n) is 3.81. The Morgan fingerprint density at radius 1 is 1.59 bits per heavy atom. The monoisotopic (exact) mass is 253 g/mol. The van der Waals surface area contributed by atoms with Crippen LogP contribution in [0.3, 0.4) is 0 Å². The summed E-state index contributed by atoms with van der Waals surface area (Å²) in [7, 11) is 1.60. The minimum Gasteiger partial charge on any atom is -0.481 e. The van der Waals surface area contributed by atoms with Crippen LogP contribution >= 0.6 is 11.3 Å². The van der Waals surface area contributed by atoms with Gasteiger partial charge in [-0.1, -0.05) is 13.0 Å². The maximum Gasteiger partial charge on any atom is 0.308 e. The van der Waals surface area contributed by atoms with Crippen LogP contribution in [0.5, 0.6) is 0 Å². The van der Waals surface area contributed by atoms with Crippen molar-refractivity contribution in [3.05, 3.63) is 28.5 Å². The number of rotatable bonds is 5. The van der Waals surface area contributed by atoms with Gasteiger partial charge in [0.1, 0.15) is 0 Å². The summed E-state index contributed by atoms with van der Waals surface area (Å²) in [5.41, 5.74) is 0. The van der Waals surface area contributed by atoms with Crippen molar-refractivity contribution in [2.24, 2.45) is 5.92 Å². The number of thiophene rings is 1. The number of hydrogen-bond donors (Lipinski definition) is 1. The van der Waals surface area contributed by atoms with Gasteiger partial charge in [0.15, 0.2) is 0 Å². The molecule has 0 aliphatic rings. The molecule has 17 heavy (non-hydrogen) atoms. The minimum atomic E-state index is -0.896. The average Bonchev–Trinajstić information content (AvgIpc) is 2.78. The highest BCUT2D eigenvalue weighted by molar-refractivity contribution is 7.10. The molecule has 0 saturated heterocycles. The van der Waals surface area contributed by atoms with Gasteiger partial charge in [0, 0.05) is 24.5 Å². The molecule has 4 nitrogen and oxygen atoms in total. The van der Waals surface area contributed by atoms with Crippen molar-refractivity contribution in [2.75, 3.05) is 13.6 Å².